The van der Waals surface area contributed by atoms with Crippen LogP contribution in [0.25, 0.3) is 10.8 Å². The highest BCUT2D eigenvalue weighted by Crippen LogP contribution is 2.29. The molecule has 0 radical (unpaired) electrons. The Morgan fingerprint density at radius 3 is 2.56 bits per heavy atom. The van der Waals surface area contributed by atoms with Crippen molar-refractivity contribution in [2.24, 2.45) is 0 Å². The van der Waals surface area contributed by atoms with Gasteiger partial charge in [-0.25, -0.2) is 4.98 Å². The number of nitrogens with one attached hydrogen (secondary N) is 1. The monoisotopic (exact) mass is 390 g/mol. The second-order valence-corrected chi connectivity index (χ2v) is 7.02. The van der Waals surface area contributed by atoms with Crippen molar-refractivity contribution >= 4 is 28.4 Å². The number of aromatic nitrogens is 1. The van der Waals surface area contributed by atoms with Gasteiger partial charge >= 0.3 is 6.18 Å². The summed E-state index contributed by atoms with van der Waals surface area (Å²) in [4.78, 5) is 16.0. The maximum Gasteiger partial charge on any atom is 0.417 e. The molecule has 0 bridgehead atoms. The predicted octanol–water partition coefficient (Wildman–Crippen LogP) is 5.22. The van der Waals surface area contributed by atoms with Crippen LogP contribution in [-0.2, 0) is 11.0 Å². The summed E-state index contributed by atoms with van der Waals surface area (Å²) in [6.07, 6.45) is -3.64. The number of rotatable bonds is 5. The molecule has 0 saturated heterocycles. The van der Waals surface area contributed by atoms with E-state index in [1.165, 1.54) is 6.07 Å². The van der Waals surface area contributed by atoms with Crippen LogP contribution in [0.4, 0.5) is 13.2 Å². The van der Waals surface area contributed by atoms with E-state index < -0.39 is 11.7 Å². The molecule has 1 atom stereocenters. The first kappa shape index (κ1) is 19.2. The third-order valence-corrected chi connectivity index (χ3v) is 5.03. The van der Waals surface area contributed by atoms with Gasteiger partial charge in [0.15, 0.2) is 0 Å². The third-order valence-electron chi connectivity index (χ3n) is 4.08. The molecule has 0 aliphatic heterocycles. The molecule has 1 unspecified atom stereocenters. The molecule has 0 aliphatic rings. The lowest BCUT2D eigenvalue weighted by molar-refractivity contribution is -0.137. The number of amides is 1. The van der Waals surface area contributed by atoms with Crippen LogP contribution in [0.15, 0.2) is 65.8 Å². The molecule has 140 valence electrons. The van der Waals surface area contributed by atoms with E-state index in [4.69, 9.17) is 0 Å². The summed E-state index contributed by atoms with van der Waals surface area (Å²) in [5, 5.41) is 5.47. The summed E-state index contributed by atoms with van der Waals surface area (Å²) in [7, 11) is 0. The van der Waals surface area contributed by atoms with Gasteiger partial charge in [-0.05, 0) is 35.4 Å². The number of pyridine rings is 1. The van der Waals surface area contributed by atoms with Gasteiger partial charge in [-0.15, -0.1) is 0 Å². The number of thioether (sulfide) groups is 1. The van der Waals surface area contributed by atoms with E-state index in [2.05, 4.69) is 10.3 Å². The number of carbonyl (C=O) groups excluding carboxylic acids is 1. The van der Waals surface area contributed by atoms with Crippen LogP contribution in [0.5, 0.6) is 0 Å². The number of halogens is 3. The molecule has 2 aromatic carbocycles. The van der Waals surface area contributed by atoms with Gasteiger partial charge in [0, 0.05) is 6.20 Å². The zero-order chi connectivity index (χ0) is 19.4. The van der Waals surface area contributed by atoms with Crippen LogP contribution in [0.1, 0.15) is 24.1 Å². The van der Waals surface area contributed by atoms with Crippen molar-refractivity contribution in [3.8, 4) is 0 Å². The Labute approximate surface area is 159 Å². The Balaban J connectivity index is 1.60. The van der Waals surface area contributed by atoms with E-state index in [1.54, 1.807) is 0 Å². The minimum absolute atomic E-state index is 0.0769. The fraction of sp³-hybridized carbons (Fsp3) is 0.200. The molecule has 0 aliphatic carbocycles. The van der Waals surface area contributed by atoms with Gasteiger partial charge in [-0.3, -0.25) is 4.79 Å². The van der Waals surface area contributed by atoms with E-state index in [0.29, 0.717) is 5.03 Å². The molecule has 27 heavy (non-hydrogen) atoms. The van der Waals surface area contributed by atoms with Crippen molar-refractivity contribution < 1.29 is 18.0 Å². The first-order valence-electron chi connectivity index (χ1n) is 8.27. The van der Waals surface area contributed by atoms with Crippen LogP contribution in [0, 0.1) is 0 Å². The van der Waals surface area contributed by atoms with Gasteiger partial charge in [-0.1, -0.05) is 54.2 Å². The van der Waals surface area contributed by atoms with Crippen molar-refractivity contribution in [2.45, 2.75) is 24.2 Å². The highest BCUT2D eigenvalue weighted by molar-refractivity contribution is 7.99. The van der Waals surface area contributed by atoms with E-state index in [1.807, 2.05) is 49.4 Å². The van der Waals surface area contributed by atoms with Crippen LogP contribution < -0.4 is 5.32 Å². The Morgan fingerprint density at radius 2 is 1.85 bits per heavy atom. The molecule has 1 amide bonds. The van der Waals surface area contributed by atoms with Crippen LogP contribution >= 0.6 is 11.8 Å². The quantitative estimate of drug-likeness (QED) is 0.607. The maximum atomic E-state index is 12.5. The van der Waals surface area contributed by atoms with Crippen LogP contribution in [0.3, 0.4) is 0 Å². The lowest BCUT2D eigenvalue weighted by Crippen LogP contribution is -2.28. The van der Waals surface area contributed by atoms with Gasteiger partial charge < -0.3 is 5.32 Å². The lowest BCUT2D eigenvalue weighted by Gasteiger charge is -2.16. The van der Waals surface area contributed by atoms with E-state index in [9.17, 15) is 18.0 Å². The molecule has 1 N–H and O–H groups in total. The molecule has 0 fully saturated rings. The predicted molar refractivity (Wildman–Crippen MR) is 100 cm³/mol. The summed E-state index contributed by atoms with van der Waals surface area (Å²) in [6, 6.07) is 15.9. The average Bonchev–Trinajstić information content (AvgIpc) is 2.65. The van der Waals surface area contributed by atoms with Gasteiger partial charge in [0.05, 0.1) is 22.4 Å². The Morgan fingerprint density at radius 1 is 1.11 bits per heavy atom. The van der Waals surface area contributed by atoms with Gasteiger partial charge in [0.1, 0.15) is 0 Å². The molecule has 3 nitrogen and oxygen atoms in total. The van der Waals surface area contributed by atoms with Gasteiger partial charge in [0.25, 0.3) is 0 Å². The zero-order valence-corrected chi connectivity index (χ0v) is 15.3. The molecule has 7 heteroatoms. The van der Waals surface area contributed by atoms with Crippen molar-refractivity contribution in [1.29, 1.82) is 0 Å². The fourth-order valence-corrected chi connectivity index (χ4v) is 3.42. The number of alkyl halides is 3. The molecule has 3 rings (SSSR count). The van der Waals surface area contributed by atoms with Crippen molar-refractivity contribution in [1.82, 2.24) is 10.3 Å². The summed E-state index contributed by atoms with van der Waals surface area (Å²) in [5.41, 5.74) is 0.208. The van der Waals surface area contributed by atoms with E-state index in [0.717, 1.165) is 40.4 Å². The number of hydrogen-bond acceptors (Lipinski definition) is 3. The first-order chi connectivity index (χ1) is 12.8. The largest absolute Gasteiger partial charge is 0.417 e. The number of carbonyl (C=O) groups is 1. The molecule has 1 heterocycles. The maximum absolute atomic E-state index is 12.5. The normalized spacial score (nSPS) is 12.7. The number of nitrogens with zero attached hydrogens (tertiary/aromatic N) is 1. The minimum atomic E-state index is -4.42. The van der Waals surface area contributed by atoms with E-state index in [-0.39, 0.29) is 17.7 Å². The summed E-state index contributed by atoms with van der Waals surface area (Å²) >= 11 is 1.10. The highest BCUT2D eigenvalue weighted by atomic mass is 32.2. The van der Waals surface area contributed by atoms with Crippen LogP contribution in [0.2, 0.25) is 0 Å². The Bertz CT molecular complexity index is 937. The molecule has 1 aromatic heterocycles. The first-order valence-corrected chi connectivity index (χ1v) is 9.26. The van der Waals surface area contributed by atoms with Crippen molar-refractivity contribution in [3.63, 3.8) is 0 Å². The van der Waals surface area contributed by atoms with Gasteiger partial charge in [-0.2, -0.15) is 13.2 Å². The minimum Gasteiger partial charge on any atom is -0.349 e. The number of hydrogen-bond donors (Lipinski definition) is 1. The van der Waals surface area contributed by atoms with Gasteiger partial charge in [0.2, 0.25) is 5.91 Å². The van der Waals surface area contributed by atoms with Crippen LogP contribution in [-0.4, -0.2) is 16.6 Å². The Kier molecular flexibility index (Phi) is 5.70. The molecule has 0 spiro atoms. The second-order valence-electron chi connectivity index (χ2n) is 6.03. The molecule has 0 saturated carbocycles. The third kappa shape index (κ3) is 4.80. The Hall–Kier alpha value is -2.54. The smallest absolute Gasteiger partial charge is 0.349 e. The molecule has 3 aromatic rings. The topological polar surface area (TPSA) is 42.0 Å². The number of fused-ring (bicyclic) bond motifs is 1. The summed E-state index contributed by atoms with van der Waals surface area (Å²) in [5.74, 6) is -0.130. The van der Waals surface area contributed by atoms with Crippen molar-refractivity contribution in [3.05, 3.63) is 71.9 Å². The highest BCUT2D eigenvalue weighted by Gasteiger charge is 2.30. The summed E-state index contributed by atoms with van der Waals surface area (Å²) in [6.45, 7) is 1.90. The van der Waals surface area contributed by atoms with E-state index >= 15 is 0 Å². The lowest BCUT2D eigenvalue weighted by atomic mass is 10.00. The second kappa shape index (κ2) is 8.00. The fourth-order valence-electron chi connectivity index (χ4n) is 2.76. The standard InChI is InChI=1S/C20H17F3N2OS/c1-13(16-8-4-6-14-5-2-3-7-17(14)16)25-18(26)12-27-19-10-9-15(11-24-19)20(21,22)23/h2-11,13H,12H2,1H3,(H,25,26). The SMILES string of the molecule is CC(NC(=O)CSc1ccc(C(F)(F)F)cn1)c1cccc2ccccc12. The average molecular weight is 390 g/mol. The summed E-state index contributed by atoms with van der Waals surface area (Å²) < 4.78 is 37.6. The molecular weight excluding hydrogens is 373 g/mol. The van der Waals surface area contributed by atoms with Crippen molar-refractivity contribution in [2.75, 3.05) is 5.75 Å². The zero-order valence-electron chi connectivity index (χ0n) is 14.5. The molecular formula is C20H17F3N2OS. The number of benzene rings is 2.